The van der Waals surface area contributed by atoms with E-state index in [-0.39, 0.29) is 35.2 Å². The topological polar surface area (TPSA) is 78.8 Å². The van der Waals surface area contributed by atoms with Crippen LogP contribution in [0.2, 0.25) is 0 Å². The highest BCUT2D eigenvalue weighted by Gasteiger charge is 2.47. The normalized spacial score (nSPS) is 21.6. The second-order valence-electron chi connectivity index (χ2n) is 8.13. The molecule has 2 heterocycles. The quantitative estimate of drug-likeness (QED) is 0.743. The Labute approximate surface area is 188 Å². The van der Waals surface area contributed by atoms with Crippen molar-refractivity contribution in [3.63, 3.8) is 0 Å². The van der Waals surface area contributed by atoms with Crippen LogP contribution in [0.3, 0.4) is 0 Å². The smallest absolute Gasteiger partial charge is 0.234 e. The van der Waals surface area contributed by atoms with Crippen molar-refractivity contribution in [1.82, 2.24) is 0 Å². The summed E-state index contributed by atoms with van der Waals surface area (Å²) < 4.78 is 24.5. The lowest BCUT2D eigenvalue weighted by molar-refractivity contribution is -0.113. The van der Waals surface area contributed by atoms with E-state index in [4.69, 9.17) is 4.99 Å². The predicted octanol–water partition coefficient (Wildman–Crippen LogP) is 3.58. The zero-order chi connectivity index (χ0) is 22.2. The summed E-state index contributed by atoms with van der Waals surface area (Å²) >= 11 is 1.37. The molecule has 8 heteroatoms. The lowest BCUT2D eigenvalue weighted by atomic mass is 10.1. The number of amides is 1. The van der Waals surface area contributed by atoms with E-state index in [9.17, 15) is 13.2 Å². The number of fused-ring (bicyclic) bond motifs is 1. The number of para-hydroxylation sites is 1. The average molecular weight is 458 g/mol. The van der Waals surface area contributed by atoms with Crippen molar-refractivity contribution in [2.75, 3.05) is 27.5 Å². The first-order valence-corrected chi connectivity index (χ1v) is 13.2. The summed E-state index contributed by atoms with van der Waals surface area (Å²) in [6.45, 7) is 6.09. The number of thioether (sulfide) groups is 1. The number of hydrogen-bond acceptors (Lipinski definition) is 6. The van der Waals surface area contributed by atoms with Crippen LogP contribution in [0.4, 0.5) is 11.4 Å². The van der Waals surface area contributed by atoms with E-state index in [0.717, 1.165) is 39.7 Å². The van der Waals surface area contributed by atoms with Crippen LogP contribution in [-0.4, -0.2) is 48.8 Å². The number of hydrogen-bond donors (Lipinski definition) is 1. The van der Waals surface area contributed by atoms with Gasteiger partial charge in [-0.1, -0.05) is 49.0 Å². The van der Waals surface area contributed by atoms with Crippen LogP contribution in [0.5, 0.6) is 0 Å². The molecule has 0 radical (unpaired) electrons. The predicted molar refractivity (Wildman–Crippen MR) is 129 cm³/mol. The maximum absolute atomic E-state index is 12.6. The van der Waals surface area contributed by atoms with E-state index in [1.54, 1.807) is 0 Å². The minimum Gasteiger partial charge on any atom is -0.325 e. The molecule has 0 bridgehead atoms. The van der Waals surface area contributed by atoms with Gasteiger partial charge in [0.15, 0.2) is 15.0 Å². The second kappa shape index (κ2) is 8.67. The molecule has 0 aliphatic carbocycles. The first-order valence-electron chi connectivity index (χ1n) is 10.4. The molecule has 1 saturated heterocycles. The van der Waals surface area contributed by atoms with Crippen LogP contribution in [0.25, 0.3) is 0 Å². The van der Waals surface area contributed by atoms with Crippen LogP contribution in [0.15, 0.2) is 47.5 Å². The number of aryl methyl sites for hydroxylation is 3. The average Bonchev–Trinajstić information content (AvgIpc) is 3.19. The lowest BCUT2D eigenvalue weighted by Gasteiger charge is -2.28. The fraction of sp³-hybridized carbons (Fsp3) is 0.391. The summed E-state index contributed by atoms with van der Waals surface area (Å²) in [6, 6.07) is 13.4. The molecule has 0 saturated carbocycles. The maximum atomic E-state index is 12.6. The van der Waals surface area contributed by atoms with Gasteiger partial charge in [0.25, 0.3) is 0 Å². The molecule has 31 heavy (non-hydrogen) atoms. The Kier molecular flexibility index (Phi) is 6.12. The molecule has 1 amide bonds. The third kappa shape index (κ3) is 4.65. The number of benzene rings is 2. The van der Waals surface area contributed by atoms with Gasteiger partial charge < -0.3 is 10.2 Å². The minimum absolute atomic E-state index is 0.0686. The molecule has 2 aromatic rings. The Hall–Kier alpha value is -2.32. The molecule has 0 unspecified atom stereocenters. The largest absolute Gasteiger partial charge is 0.325 e. The summed E-state index contributed by atoms with van der Waals surface area (Å²) in [5.74, 6) is 0.275. The molecule has 2 aliphatic heterocycles. The van der Waals surface area contributed by atoms with Crippen molar-refractivity contribution < 1.29 is 13.2 Å². The van der Waals surface area contributed by atoms with Gasteiger partial charge in [0.05, 0.1) is 29.3 Å². The first kappa shape index (κ1) is 21.9. The van der Waals surface area contributed by atoms with E-state index in [1.165, 1.54) is 11.8 Å². The highest BCUT2D eigenvalue weighted by molar-refractivity contribution is 8.14. The summed E-state index contributed by atoms with van der Waals surface area (Å²) in [5, 5.41) is 3.71. The molecule has 2 aromatic carbocycles. The lowest BCUT2D eigenvalue weighted by Crippen LogP contribution is -2.40. The fourth-order valence-electron chi connectivity index (χ4n) is 4.16. The van der Waals surface area contributed by atoms with Crippen molar-refractivity contribution in [3.05, 3.63) is 59.2 Å². The van der Waals surface area contributed by atoms with Gasteiger partial charge in [-0.25, -0.2) is 8.42 Å². The van der Waals surface area contributed by atoms with Crippen LogP contribution >= 0.6 is 11.8 Å². The molecule has 0 spiro atoms. The summed E-state index contributed by atoms with van der Waals surface area (Å²) in [6.07, 6.45) is 0.842. The zero-order valence-electron chi connectivity index (χ0n) is 18.0. The van der Waals surface area contributed by atoms with Gasteiger partial charge in [0.1, 0.15) is 0 Å². The monoisotopic (exact) mass is 457 g/mol. The standard InChI is InChI=1S/C23H27N3O3S2/c1-4-17-7-5-6-8-18(17)24-22(27)12-30-23-25-19-13-31(28,29)14-21(19)26(23)20-11-15(2)9-10-16(20)3/h5-11,19,21H,4,12-14H2,1-3H3,(H,24,27)/t19-,21+/m1/s1. The Morgan fingerprint density at radius 1 is 1.19 bits per heavy atom. The third-order valence-electron chi connectivity index (χ3n) is 5.74. The van der Waals surface area contributed by atoms with Gasteiger partial charge in [-0.2, -0.15) is 0 Å². The molecule has 4 rings (SSSR count). The zero-order valence-corrected chi connectivity index (χ0v) is 19.6. The van der Waals surface area contributed by atoms with Crippen LogP contribution in [-0.2, 0) is 21.1 Å². The number of carbonyl (C=O) groups is 1. The van der Waals surface area contributed by atoms with Crippen molar-refractivity contribution in [3.8, 4) is 0 Å². The molecular formula is C23H27N3O3S2. The van der Waals surface area contributed by atoms with Gasteiger partial charge in [-0.15, -0.1) is 0 Å². The van der Waals surface area contributed by atoms with E-state index < -0.39 is 9.84 Å². The Bertz CT molecular complexity index is 1140. The van der Waals surface area contributed by atoms with Gasteiger partial charge in [-0.3, -0.25) is 9.79 Å². The molecule has 1 fully saturated rings. The van der Waals surface area contributed by atoms with Crippen LogP contribution in [0, 0.1) is 13.8 Å². The van der Waals surface area contributed by atoms with Gasteiger partial charge >= 0.3 is 0 Å². The number of aliphatic imine (C=N–C) groups is 1. The maximum Gasteiger partial charge on any atom is 0.234 e. The number of amidine groups is 1. The van der Waals surface area contributed by atoms with Crippen molar-refractivity contribution in [2.24, 2.45) is 4.99 Å². The SMILES string of the molecule is CCc1ccccc1NC(=O)CSC1=N[C@@H]2CS(=O)(=O)C[C@@H]2N1c1cc(C)ccc1C. The molecule has 1 N–H and O–H groups in total. The Morgan fingerprint density at radius 3 is 2.74 bits per heavy atom. The summed E-state index contributed by atoms with van der Waals surface area (Å²) in [5.41, 5.74) is 5.05. The van der Waals surface area contributed by atoms with Crippen molar-refractivity contribution in [2.45, 2.75) is 39.3 Å². The van der Waals surface area contributed by atoms with Gasteiger partial charge in [0.2, 0.25) is 5.91 Å². The number of carbonyl (C=O) groups excluding carboxylic acids is 1. The van der Waals surface area contributed by atoms with Gasteiger partial charge in [-0.05, 0) is 49.1 Å². The molecule has 2 aliphatic rings. The van der Waals surface area contributed by atoms with Crippen molar-refractivity contribution in [1.29, 1.82) is 0 Å². The van der Waals surface area contributed by atoms with Gasteiger partial charge in [0, 0.05) is 11.4 Å². The second-order valence-corrected chi connectivity index (χ2v) is 11.2. The number of anilines is 2. The van der Waals surface area contributed by atoms with Crippen LogP contribution < -0.4 is 10.2 Å². The molecule has 2 atom stereocenters. The van der Waals surface area contributed by atoms with E-state index >= 15 is 0 Å². The third-order valence-corrected chi connectivity index (χ3v) is 8.40. The fourth-order valence-corrected chi connectivity index (χ4v) is 6.92. The molecule has 0 aromatic heterocycles. The highest BCUT2D eigenvalue weighted by atomic mass is 32.2. The van der Waals surface area contributed by atoms with E-state index in [0.29, 0.717) is 0 Å². The van der Waals surface area contributed by atoms with Crippen molar-refractivity contribution >= 4 is 44.0 Å². The van der Waals surface area contributed by atoms with E-state index in [1.807, 2.05) is 55.1 Å². The number of sulfone groups is 1. The summed E-state index contributed by atoms with van der Waals surface area (Å²) in [7, 11) is -3.11. The first-order chi connectivity index (χ1) is 14.8. The molecule has 164 valence electrons. The minimum atomic E-state index is -3.11. The Balaban J connectivity index is 1.54. The Morgan fingerprint density at radius 2 is 1.97 bits per heavy atom. The molecular weight excluding hydrogens is 430 g/mol. The highest BCUT2D eigenvalue weighted by Crippen LogP contribution is 2.37. The van der Waals surface area contributed by atoms with E-state index in [2.05, 4.69) is 18.3 Å². The van der Waals surface area contributed by atoms with Crippen LogP contribution in [0.1, 0.15) is 23.6 Å². The number of rotatable bonds is 5. The number of nitrogens with zero attached hydrogens (tertiary/aromatic N) is 2. The number of nitrogens with one attached hydrogen (secondary N) is 1. The summed E-state index contributed by atoms with van der Waals surface area (Å²) in [4.78, 5) is 19.4. The molecule has 6 nitrogen and oxygen atoms in total.